The molecule has 0 bridgehead atoms. The Morgan fingerprint density at radius 2 is 1.80 bits per heavy atom. The normalized spacial score (nSPS) is 11.4. The fourth-order valence-corrected chi connectivity index (χ4v) is 4.57. The topological polar surface area (TPSA) is 67.8 Å². The van der Waals surface area contributed by atoms with Crippen molar-refractivity contribution in [1.29, 1.82) is 0 Å². The van der Waals surface area contributed by atoms with E-state index >= 15 is 0 Å². The summed E-state index contributed by atoms with van der Waals surface area (Å²) < 4.78 is 1.74. The Morgan fingerprint density at radius 1 is 1.03 bits per heavy atom. The number of unbranched alkanes of at least 4 members (excludes halogenated alkanes) is 3. The second kappa shape index (κ2) is 9.30. The fourth-order valence-electron chi connectivity index (χ4n) is 3.66. The number of hydrogen-bond donors (Lipinski definition) is 1. The summed E-state index contributed by atoms with van der Waals surface area (Å²) in [6, 6.07) is 15.2. The van der Waals surface area contributed by atoms with Crippen molar-refractivity contribution in [2.24, 2.45) is 0 Å². The van der Waals surface area contributed by atoms with Gasteiger partial charge in [-0.1, -0.05) is 68.3 Å². The number of H-pyrrole nitrogens is 1. The van der Waals surface area contributed by atoms with Crippen molar-refractivity contribution in [1.82, 2.24) is 14.5 Å². The number of carbonyl (C=O) groups is 1. The number of thioether (sulfide) groups is 1. The highest BCUT2D eigenvalue weighted by atomic mass is 32.2. The van der Waals surface area contributed by atoms with Crippen LogP contribution in [0.25, 0.3) is 21.8 Å². The van der Waals surface area contributed by atoms with Crippen LogP contribution in [0.3, 0.4) is 0 Å². The Balaban J connectivity index is 1.60. The molecule has 2 heterocycles. The maximum Gasteiger partial charge on any atom is 0.262 e. The van der Waals surface area contributed by atoms with Crippen LogP contribution in [-0.4, -0.2) is 26.1 Å². The third kappa shape index (κ3) is 4.19. The number of aromatic amines is 1. The summed E-state index contributed by atoms with van der Waals surface area (Å²) in [5.41, 5.74) is 2.27. The van der Waals surface area contributed by atoms with Crippen molar-refractivity contribution in [2.45, 2.75) is 44.3 Å². The average molecular weight is 420 g/mol. The Morgan fingerprint density at radius 3 is 2.63 bits per heavy atom. The van der Waals surface area contributed by atoms with E-state index in [-0.39, 0.29) is 17.1 Å². The van der Waals surface area contributed by atoms with Crippen LogP contribution < -0.4 is 5.56 Å². The fraction of sp³-hybridized carbons (Fsp3) is 0.292. The molecule has 30 heavy (non-hydrogen) atoms. The van der Waals surface area contributed by atoms with Crippen LogP contribution in [0.1, 0.15) is 43.0 Å². The zero-order valence-corrected chi connectivity index (χ0v) is 17.9. The molecule has 0 amide bonds. The number of nitrogens with zero attached hydrogens (tertiary/aromatic N) is 2. The molecule has 4 aromatic rings. The number of rotatable bonds is 9. The monoisotopic (exact) mass is 419 g/mol. The number of para-hydroxylation sites is 2. The molecule has 0 spiro atoms. The van der Waals surface area contributed by atoms with Crippen LogP contribution in [0.2, 0.25) is 0 Å². The Bertz CT molecular complexity index is 1240. The van der Waals surface area contributed by atoms with Crippen LogP contribution in [0.4, 0.5) is 0 Å². The highest BCUT2D eigenvalue weighted by molar-refractivity contribution is 7.99. The first-order valence-electron chi connectivity index (χ1n) is 10.4. The third-order valence-electron chi connectivity index (χ3n) is 5.28. The van der Waals surface area contributed by atoms with Gasteiger partial charge in [0.1, 0.15) is 0 Å². The molecule has 0 atom stereocenters. The SMILES string of the molecule is CCCCCCn1c(SCC(=O)c2c[nH]c3ccccc23)nc2ccccc2c1=O. The predicted molar refractivity (Wildman–Crippen MR) is 123 cm³/mol. The molecule has 154 valence electrons. The summed E-state index contributed by atoms with van der Waals surface area (Å²) in [4.78, 5) is 33.8. The zero-order valence-electron chi connectivity index (χ0n) is 17.1. The van der Waals surface area contributed by atoms with Crippen LogP contribution in [0, 0.1) is 0 Å². The predicted octanol–water partition coefficient (Wildman–Crippen LogP) is 5.43. The molecule has 6 heteroatoms. The molecule has 5 nitrogen and oxygen atoms in total. The summed E-state index contributed by atoms with van der Waals surface area (Å²) in [5, 5.41) is 2.16. The first-order chi connectivity index (χ1) is 14.7. The minimum absolute atomic E-state index is 0.0254. The van der Waals surface area contributed by atoms with Crippen LogP contribution in [0.15, 0.2) is 64.7 Å². The van der Waals surface area contributed by atoms with Crippen LogP contribution in [-0.2, 0) is 6.54 Å². The van der Waals surface area contributed by atoms with E-state index in [9.17, 15) is 9.59 Å². The second-order valence-corrected chi connectivity index (χ2v) is 8.33. The van der Waals surface area contributed by atoms with Gasteiger partial charge in [0.05, 0.1) is 16.7 Å². The van der Waals surface area contributed by atoms with Gasteiger partial charge in [0.2, 0.25) is 0 Å². The maximum absolute atomic E-state index is 13.1. The average Bonchev–Trinajstić information content (AvgIpc) is 3.21. The summed E-state index contributed by atoms with van der Waals surface area (Å²) in [5.74, 6) is 0.263. The van der Waals surface area contributed by atoms with E-state index in [1.54, 1.807) is 10.8 Å². The minimum atomic E-state index is -0.0286. The number of benzene rings is 2. The summed E-state index contributed by atoms with van der Waals surface area (Å²) >= 11 is 1.34. The van der Waals surface area contributed by atoms with E-state index < -0.39 is 0 Å². The molecule has 0 fully saturated rings. The van der Waals surface area contributed by atoms with Crippen molar-refractivity contribution in [3.8, 4) is 0 Å². The van der Waals surface area contributed by atoms with Gasteiger partial charge in [-0.15, -0.1) is 0 Å². The maximum atomic E-state index is 13.1. The molecule has 0 saturated heterocycles. The number of ketones is 1. The van der Waals surface area contributed by atoms with Crippen molar-refractivity contribution < 1.29 is 4.79 Å². The minimum Gasteiger partial charge on any atom is -0.360 e. The standard InChI is InChI=1S/C24H25N3O2S/c1-2-3-4-9-14-27-23(29)18-11-6-8-13-21(18)26-24(27)30-16-22(28)19-15-25-20-12-7-5-10-17(19)20/h5-8,10-13,15,25H,2-4,9,14,16H2,1H3. The number of nitrogens with one attached hydrogen (secondary N) is 1. The quantitative estimate of drug-likeness (QED) is 0.170. The lowest BCUT2D eigenvalue weighted by atomic mass is 10.1. The smallest absolute Gasteiger partial charge is 0.262 e. The number of hydrogen-bond acceptors (Lipinski definition) is 4. The van der Waals surface area contributed by atoms with Crippen LogP contribution in [0.5, 0.6) is 0 Å². The Hall–Kier alpha value is -2.86. The van der Waals surface area contributed by atoms with Gasteiger partial charge in [-0.25, -0.2) is 4.98 Å². The summed E-state index contributed by atoms with van der Waals surface area (Å²) in [7, 11) is 0. The summed E-state index contributed by atoms with van der Waals surface area (Å²) in [6.07, 6.45) is 6.06. The molecule has 0 unspecified atom stereocenters. The second-order valence-electron chi connectivity index (χ2n) is 7.39. The van der Waals surface area contributed by atoms with Crippen molar-refractivity contribution in [3.05, 3.63) is 70.6 Å². The van der Waals surface area contributed by atoms with Gasteiger partial charge < -0.3 is 4.98 Å². The molecular formula is C24H25N3O2S. The number of fused-ring (bicyclic) bond motifs is 2. The Kier molecular flexibility index (Phi) is 6.33. The highest BCUT2D eigenvalue weighted by Crippen LogP contribution is 2.23. The molecule has 1 N–H and O–H groups in total. The van der Waals surface area contributed by atoms with E-state index in [4.69, 9.17) is 4.98 Å². The van der Waals surface area contributed by atoms with Gasteiger partial charge in [0.15, 0.2) is 10.9 Å². The molecule has 2 aromatic carbocycles. The van der Waals surface area contributed by atoms with E-state index in [2.05, 4.69) is 11.9 Å². The van der Waals surface area contributed by atoms with E-state index in [1.807, 2.05) is 48.5 Å². The molecule has 0 radical (unpaired) electrons. The van der Waals surface area contributed by atoms with Gasteiger partial charge in [-0.2, -0.15) is 0 Å². The van der Waals surface area contributed by atoms with Gasteiger partial charge in [0, 0.05) is 29.2 Å². The third-order valence-corrected chi connectivity index (χ3v) is 6.26. The summed E-state index contributed by atoms with van der Waals surface area (Å²) in [6.45, 7) is 2.79. The molecule has 2 aromatic heterocycles. The van der Waals surface area contributed by atoms with Crippen molar-refractivity contribution in [3.63, 3.8) is 0 Å². The van der Waals surface area contributed by atoms with Gasteiger partial charge in [-0.05, 0) is 24.6 Å². The van der Waals surface area contributed by atoms with Gasteiger partial charge >= 0.3 is 0 Å². The van der Waals surface area contributed by atoms with E-state index in [0.29, 0.717) is 28.2 Å². The van der Waals surface area contributed by atoms with E-state index in [0.717, 1.165) is 36.6 Å². The number of carbonyl (C=O) groups excluding carboxylic acids is 1. The van der Waals surface area contributed by atoms with Gasteiger partial charge in [-0.3, -0.25) is 14.2 Å². The first-order valence-corrected chi connectivity index (χ1v) is 11.4. The number of Topliss-reactive ketones (excluding diaryl/α,β-unsaturated/α-hetero) is 1. The van der Waals surface area contributed by atoms with Gasteiger partial charge in [0.25, 0.3) is 5.56 Å². The lowest BCUT2D eigenvalue weighted by Crippen LogP contribution is -2.24. The first kappa shape index (κ1) is 20.4. The van der Waals surface area contributed by atoms with Crippen LogP contribution >= 0.6 is 11.8 Å². The van der Waals surface area contributed by atoms with Crippen molar-refractivity contribution in [2.75, 3.05) is 5.75 Å². The molecule has 0 aliphatic heterocycles. The lowest BCUT2D eigenvalue weighted by molar-refractivity contribution is 0.102. The van der Waals surface area contributed by atoms with E-state index in [1.165, 1.54) is 11.8 Å². The zero-order chi connectivity index (χ0) is 20.9. The molecular weight excluding hydrogens is 394 g/mol. The van der Waals surface area contributed by atoms with Crippen molar-refractivity contribution >= 4 is 39.4 Å². The largest absolute Gasteiger partial charge is 0.360 e. The highest BCUT2D eigenvalue weighted by Gasteiger charge is 2.16. The number of aromatic nitrogens is 3. The molecule has 0 aliphatic carbocycles. The molecule has 4 rings (SSSR count). The lowest BCUT2D eigenvalue weighted by Gasteiger charge is -2.13. The molecule has 0 saturated carbocycles. The Labute approximate surface area is 179 Å². The molecule has 0 aliphatic rings.